The fourth-order valence-electron chi connectivity index (χ4n) is 2.98. The van der Waals surface area contributed by atoms with Gasteiger partial charge in [-0.1, -0.05) is 42.5 Å². The number of nitrogens with two attached hydrogens (primary N) is 2. The van der Waals surface area contributed by atoms with E-state index in [1.54, 1.807) is 36.4 Å². The number of amides is 1. The number of aliphatic carboxylic acids is 1. The summed E-state index contributed by atoms with van der Waals surface area (Å²) in [6, 6.07) is 22.0. The summed E-state index contributed by atoms with van der Waals surface area (Å²) in [6.07, 6.45) is 0.131. The Morgan fingerprint density at radius 1 is 0.906 bits per heavy atom. The Balaban J connectivity index is 1.59. The van der Waals surface area contributed by atoms with Crippen molar-refractivity contribution in [3.8, 4) is 5.75 Å². The van der Waals surface area contributed by atoms with E-state index in [0.29, 0.717) is 23.6 Å². The molecular formula is C24H24N4O4. The molecule has 0 aliphatic rings. The quantitative estimate of drug-likeness (QED) is 0.303. The van der Waals surface area contributed by atoms with Crippen LogP contribution in [0.5, 0.6) is 5.75 Å². The second kappa shape index (κ2) is 10.6. The molecule has 0 aliphatic heterocycles. The van der Waals surface area contributed by atoms with Crippen LogP contribution < -0.4 is 21.5 Å². The molecular weight excluding hydrogens is 408 g/mol. The third-order valence-electron chi connectivity index (χ3n) is 4.60. The second-order valence-corrected chi connectivity index (χ2v) is 7.07. The third-order valence-corrected chi connectivity index (χ3v) is 4.60. The molecule has 0 spiro atoms. The number of nitrogens with zero attached hydrogens (tertiary/aromatic N) is 1. The van der Waals surface area contributed by atoms with Crippen LogP contribution in [0.25, 0.3) is 0 Å². The van der Waals surface area contributed by atoms with Crippen LogP contribution in [0.2, 0.25) is 0 Å². The van der Waals surface area contributed by atoms with Gasteiger partial charge in [-0.2, -0.15) is 0 Å². The SMILES string of the molecule is NC(N)=Nc1ccc(C(=O)N[C@@H](Cc2ccc(OCc3ccccc3)cc2)C(=O)O)cc1. The number of aliphatic imine (C=N–C) groups is 1. The zero-order valence-corrected chi connectivity index (χ0v) is 17.3. The number of hydrogen-bond donors (Lipinski definition) is 4. The van der Waals surface area contributed by atoms with Crippen molar-refractivity contribution in [3.05, 3.63) is 95.6 Å². The van der Waals surface area contributed by atoms with Gasteiger partial charge in [0, 0.05) is 12.0 Å². The molecule has 0 saturated carbocycles. The van der Waals surface area contributed by atoms with Gasteiger partial charge in [-0.3, -0.25) is 4.79 Å². The van der Waals surface area contributed by atoms with Crippen LogP contribution in [0.1, 0.15) is 21.5 Å². The number of carboxylic acid groups (broad SMARTS) is 1. The van der Waals surface area contributed by atoms with Crippen LogP contribution in [-0.4, -0.2) is 29.0 Å². The third kappa shape index (κ3) is 6.60. The van der Waals surface area contributed by atoms with Crippen LogP contribution >= 0.6 is 0 Å². The van der Waals surface area contributed by atoms with Crippen LogP contribution in [-0.2, 0) is 17.8 Å². The lowest BCUT2D eigenvalue weighted by atomic mass is 10.1. The number of carbonyl (C=O) groups excluding carboxylic acids is 1. The Bertz CT molecular complexity index is 1080. The predicted molar refractivity (Wildman–Crippen MR) is 122 cm³/mol. The number of nitrogens with one attached hydrogen (secondary N) is 1. The van der Waals surface area contributed by atoms with Gasteiger partial charge in [0.2, 0.25) is 0 Å². The highest BCUT2D eigenvalue weighted by Gasteiger charge is 2.21. The van der Waals surface area contributed by atoms with Crippen LogP contribution in [0, 0.1) is 0 Å². The average molecular weight is 432 g/mol. The number of carboxylic acids is 1. The van der Waals surface area contributed by atoms with Crippen molar-refractivity contribution in [2.24, 2.45) is 16.5 Å². The summed E-state index contributed by atoms with van der Waals surface area (Å²) in [5, 5.41) is 12.1. The Hall–Kier alpha value is -4.33. The normalized spacial score (nSPS) is 11.2. The first-order valence-corrected chi connectivity index (χ1v) is 9.90. The lowest BCUT2D eigenvalue weighted by Gasteiger charge is -2.15. The standard InChI is InChI=1S/C24H24N4O4/c25-24(26)27-19-10-8-18(9-11-19)22(29)28-21(23(30)31)14-16-6-12-20(13-7-16)32-15-17-4-2-1-3-5-17/h1-13,21H,14-15H2,(H,28,29)(H,30,31)(H4,25,26,27)/t21-/m0/s1. The number of carbonyl (C=O) groups is 2. The summed E-state index contributed by atoms with van der Waals surface area (Å²) in [4.78, 5) is 28.0. The second-order valence-electron chi connectivity index (χ2n) is 7.07. The molecule has 6 N–H and O–H groups in total. The summed E-state index contributed by atoms with van der Waals surface area (Å²) in [5.41, 5.74) is 13.2. The monoisotopic (exact) mass is 432 g/mol. The first kappa shape index (κ1) is 22.4. The van der Waals surface area contributed by atoms with E-state index in [2.05, 4.69) is 10.3 Å². The smallest absolute Gasteiger partial charge is 0.326 e. The van der Waals surface area contributed by atoms with Gasteiger partial charge in [0.05, 0.1) is 5.69 Å². The van der Waals surface area contributed by atoms with Gasteiger partial charge in [0.1, 0.15) is 18.4 Å². The van der Waals surface area contributed by atoms with E-state index in [1.807, 2.05) is 30.3 Å². The van der Waals surface area contributed by atoms with Crippen LogP contribution in [0.3, 0.4) is 0 Å². The molecule has 0 saturated heterocycles. The number of benzene rings is 3. The van der Waals surface area contributed by atoms with Gasteiger partial charge < -0.3 is 26.6 Å². The molecule has 0 radical (unpaired) electrons. The van der Waals surface area contributed by atoms with Crippen LogP contribution in [0.4, 0.5) is 5.69 Å². The molecule has 0 unspecified atom stereocenters. The summed E-state index contributed by atoms with van der Waals surface area (Å²) < 4.78 is 5.74. The fourth-order valence-corrected chi connectivity index (χ4v) is 2.98. The van der Waals surface area contributed by atoms with Gasteiger partial charge >= 0.3 is 5.97 Å². The zero-order chi connectivity index (χ0) is 22.9. The van der Waals surface area contributed by atoms with Crippen molar-refractivity contribution in [2.75, 3.05) is 0 Å². The lowest BCUT2D eigenvalue weighted by molar-refractivity contribution is -0.139. The molecule has 3 aromatic rings. The highest BCUT2D eigenvalue weighted by Crippen LogP contribution is 2.16. The lowest BCUT2D eigenvalue weighted by Crippen LogP contribution is -2.42. The molecule has 0 fully saturated rings. The molecule has 0 heterocycles. The molecule has 3 aromatic carbocycles. The van der Waals surface area contributed by atoms with Crippen molar-refractivity contribution in [3.63, 3.8) is 0 Å². The number of guanidine groups is 1. The largest absolute Gasteiger partial charge is 0.489 e. The predicted octanol–water partition coefficient (Wildman–Crippen LogP) is 2.60. The molecule has 8 nitrogen and oxygen atoms in total. The zero-order valence-electron chi connectivity index (χ0n) is 17.3. The summed E-state index contributed by atoms with van der Waals surface area (Å²) in [7, 11) is 0. The molecule has 32 heavy (non-hydrogen) atoms. The van der Waals surface area contributed by atoms with Gasteiger partial charge in [0.15, 0.2) is 5.96 Å². The maximum absolute atomic E-state index is 12.5. The maximum Gasteiger partial charge on any atom is 0.326 e. The minimum Gasteiger partial charge on any atom is -0.489 e. The molecule has 1 atom stereocenters. The summed E-state index contributed by atoms with van der Waals surface area (Å²) in [6.45, 7) is 0.440. The number of ether oxygens (including phenoxy) is 1. The van der Waals surface area contributed by atoms with Gasteiger partial charge in [-0.25, -0.2) is 9.79 Å². The van der Waals surface area contributed by atoms with Crippen molar-refractivity contribution in [1.29, 1.82) is 0 Å². The van der Waals surface area contributed by atoms with E-state index in [1.165, 1.54) is 12.1 Å². The molecule has 0 aliphatic carbocycles. The van der Waals surface area contributed by atoms with Gasteiger partial charge in [-0.15, -0.1) is 0 Å². The Morgan fingerprint density at radius 3 is 2.16 bits per heavy atom. The molecule has 164 valence electrons. The van der Waals surface area contributed by atoms with Crippen molar-refractivity contribution in [2.45, 2.75) is 19.1 Å². The first-order valence-electron chi connectivity index (χ1n) is 9.90. The molecule has 0 aromatic heterocycles. The molecule has 3 rings (SSSR count). The molecule has 8 heteroatoms. The molecule has 0 bridgehead atoms. The Kier molecular flexibility index (Phi) is 7.42. The van der Waals surface area contributed by atoms with E-state index >= 15 is 0 Å². The van der Waals surface area contributed by atoms with E-state index in [-0.39, 0.29) is 12.4 Å². The van der Waals surface area contributed by atoms with Crippen molar-refractivity contribution in [1.82, 2.24) is 5.32 Å². The van der Waals surface area contributed by atoms with E-state index < -0.39 is 17.9 Å². The van der Waals surface area contributed by atoms with Crippen LogP contribution in [0.15, 0.2) is 83.9 Å². The minimum absolute atomic E-state index is 0.0929. The van der Waals surface area contributed by atoms with E-state index in [4.69, 9.17) is 16.2 Å². The van der Waals surface area contributed by atoms with Gasteiger partial charge in [0.25, 0.3) is 5.91 Å². The first-order chi connectivity index (χ1) is 15.4. The topological polar surface area (TPSA) is 140 Å². The summed E-state index contributed by atoms with van der Waals surface area (Å²) >= 11 is 0. The van der Waals surface area contributed by atoms with Crippen molar-refractivity contribution < 1.29 is 19.4 Å². The fraction of sp³-hybridized carbons (Fsp3) is 0.125. The Morgan fingerprint density at radius 2 is 1.56 bits per heavy atom. The van der Waals surface area contributed by atoms with Gasteiger partial charge in [-0.05, 0) is 47.5 Å². The highest BCUT2D eigenvalue weighted by atomic mass is 16.5. The Labute approximate surface area is 185 Å². The minimum atomic E-state index is -1.13. The maximum atomic E-state index is 12.5. The number of rotatable bonds is 9. The highest BCUT2D eigenvalue weighted by molar-refractivity contribution is 5.97. The molecule has 1 amide bonds. The van der Waals surface area contributed by atoms with Crippen molar-refractivity contribution >= 4 is 23.5 Å². The van der Waals surface area contributed by atoms with E-state index in [9.17, 15) is 14.7 Å². The van der Waals surface area contributed by atoms with E-state index in [0.717, 1.165) is 11.1 Å². The summed E-state index contributed by atoms with van der Waals surface area (Å²) in [5.74, 6) is -1.05. The number of hydrogen-bond acceptors (Lipinski definition) is 4. The average Bonchev–Trinajstić information content (AvgIpc) is 2.79.